The fraction of sp³-hybridized carbons (Fsp3) is 0.183. The summed E-state index contributed by atoms with van der Waals surface area (Å²) in [4.78, 5) is 82.2. The molecule has 0 unspecified atom stereocenters. The summed E-state index contributed by atoms with van der Waals surface area (Å²) < 4.78 is 111. The highest BCUT2D eigenvalue weighted by atomic mass is 79.9. The van der Waals surface area contributed by atoms with Gasteiger partial charge in [0.2, 0.25) is 0 Å². The first-order valence-electron chi connectivity index (χ1n) is 33.4. The van der Waals surface area contributed by atoms with Gasteiger partial charge in [0.05, 0.1) is 134 Å². The lowest BCUT2D eigenvalue weighted by atomic mass is 10.1. The Morgan fingerprint density at radius 2 is 0.661 bits per heavy atom. The number of carboxylic acids is 2. The molecule has 0 saturated heterocycles. The SMILES string of the molecule is COC(=O)c1cc(OC)c(OC)cc1Br.COC(=O)c1cc(OC)c(OC)cc1Sc1ccccc1.COC(=O)c1ccc(OC)c(OC)c1.COc1cc(Br)c(C(=O)O)cc1OC.COc1cc2sc3ccccc3c(=O)c2cc1OC.COc1ccc(C(=O)O)cc1OC.O=S(=O)(O)O.O=c1c2ccccc2sc2cc(O)c(O)cc12. The van der Waals surface area contributed by atoms with E-state index < -0.39 is 40.2 Å². The number of fused-ring (bicyclic) bond motifs is 4. The van der Waals surface area contributed by atoms with Crippen molar-refractivity contribution in [1.29, 1.82) is 0 Å². The fourth-order valence-corrected chi connectivity index (χ4v) is 14.1. The van der Waals surface area contributed by atoms with Crippen molar-refractivity contribution in [3.63, 3.8) is 0 Å². The summed E-state index contributed by atoms with van der Waals surface area (Å²) in [7, 11) is 17.6. The Bertz CT molecular complexity index is 5740. The van der Waals surface area contributed by atoms with Crippen LogP contribution in [0.15, 0.2) is 204 Å². The number of esters is 3. The van der Waals surface area contributed by atoms with Gasteiger partial charge in [-0.25, -0.2) is 24.0 Å². The van der Waals surface area contributed by atoms with Crippen molar-refractivity contribution in [2.24, 2.45) is 0 Å². The van der Waals surface area contributed by atoms with Gasteiger partial charge in [0.25, 0.3) is 0 Å². The molecule has 0 radical (unpaired) electrons. The van der Waals surface area contributed by atoms with E-state index in [1.165, 1.54) is 139 Å². The molecule has 2 heterocycles. The van der Waals surface area contributed by atoms with E-state index in [0.717, 1.165) is 29.3 Å². The predicted molar refractivity (Wildman–Crippen MR) is 453 cm³/mol. The van der Waals surface area contributed by atoms with E-state index in [9.17, 15) is 43.8 Å². The largest absolute Gasteiger partial charge is 0.504 e. The normalized spacial score (nSPS) is 10.1. The van der Waals surface area contributed by atoms with Gasteiger partial charge >= 0.3 is 40.2 Å². The number of aromatic hydroxyl groups is 2. The molecular weight excluding hydrogens is 1750 g/mol. The molecule has 626 valence electrons. The summed E-state index contributed by atoms with van der Waals surface area (Å²) in [6.45, 7) is 0. The number of carbonyl (C=O) groups is 5. The minimum Gasteiger partial charge on any atom is -0.504 e. The van der Waals surface area contributed by atoms with Crippen molar-refractivity contribution in [1.82, 2.24) is 0 Å². The highest BCUT2D eigenvalue weighted by Crippen LogP contribution is 2.41. The molecule has 12 aromatic rings. The molecule has 2 aromatic heterocycles. The van der Waals surface area contributed by atoms with Gasteiger partial charge in [0.1, 0.15) is 0 Å². The molecule has 36 heteroatoms. The number of phenolic OH excluding ortho intramolecular Hbond substituents is 2. The lowest BCUT2D eigenvalue weighted by molar-refractivity contribution is 0.0588. The third-order valence-electron chi connectivity index (χ3n) is 15.6. The van der Waals surface area contributed by atoms with E-state index in [-0.39, 0.29) is 33.5 Å². The number of carboxylic acid groups (broad SMARTS) is 2. The summed E-state index contributed by atoms with van der Waals surface area (Å²) in [6.07, 6.45) is 0. The quantitative estimate of drug-likeness (QED) is 0.0144. The van der Waals surface area contributed by atoms with E-state index in [1.807, 2.05) is 78.9 Å². The molecule has 118 heavy (non-hydrogen) atoms. The van der Waals surface area contributed by atoms with Crippen LogP contribution in [-0.4, -0.2) is 174 Å². The first kappa shape index (κ1) is 96.3. The summed E-state index contributed by atoms with van der Waals surface area (Å²) >= 11 is 10.9. The van der Waals surface area contributed by atoms with Gasteiger partial charge in [-0.3, -0.25) is 18.7 Å². The second-order valence-corrected chi connectivity index (χ2v) is 28.4. The van der Waals surface area contributed by atoms with Crippen molar-refractivity contribution in [2.75, 3.05) is 107 Å². The topological polar surface area (TPSA) is 413 Å². The van der Waals surface area contributed by atoms with Crippen LogP contribution in [0.3, 0.4) is 0 Å². The van der Waals surface area contributed by atoms with Gasteiger partial charge in [0, 0.05) is 71.2 Å². The minimum atomic E-state index is -4.67. The highest BCUT2D eigenvalue weighted by molar-refractivity contribution is 9.10. The zero-order valence-electron chi connectivity index (χ0n) is 65.6. The smallest absolute Gasteiger partial charge is 0.394 e. The van der Waals surface area contributed by atoms with Crippen molar-refractivity contribution in [3.8, 4) is 80.5 Å². The molecule has 30 nitrogen and oxygen atoms in total. The van der Waals surface area contributed by atoms with Crippen LogP contribution in [0, 0.1) is 0 Å². The van der Waals surface area contributed by atoms with Crippen LogP contribution < -0.4 is 67.7 Å². The first-order chi connectivity index (χ1) is 56.2. The Morgan fingerprint density at radius 1 is 0.331 bits per heavy atom. The second kappa shape index (κ2) is 47.1. The van der Waals surface area contributed by atoms with Gasteiger partial charge in [-0.1, -0.05) is 54.2 Å². The summed E-state index contributed by atoms with van der Waals surface area (Å²) in [5.74, 6) is 2.54. The molecule has 6 N–H and O–H groups in total. The van der Waals surface area contributed by atoms with Gasteiger partial charge in [0.15, 0.2) is 91.4 Å². The number of carbonyl (C=O) groups excluding carboxylic acids is 3. The number of aromatic carboxylic acids is 2. The minimum absolute atomic E-state index is 0.0327. The second-order valence-electron chi connectivity index (χ2n) is 22.6. The number of hydrogen-bond donors (Lipinski definition) is 6. The highest BCUT2D eigenvalue weighted by Gasteiger charge is 2.21. The van der Waals surface area contributed by atoms with E-state index in [1.54, 1.807) is 99.4 Å². The molecule has 0 aliphatic rings. The zero-order chi connectivity index (χ0) is 87.7. The van der Waals surface area contributed by atoms with E-state index in [0.29, 0.717) is 115 Å². The number of benzene rings is 10. The molecule has 12 rings (SSSR count). The van der Waals surface area contributed by atoms with Crippen LogP contribution in [0.1, 0.15) is 51.8 Å². The van der Waals surface area contributed by atoms with E-state index in [4.69, 9.17) is 89.3 Å². The fourth-order valence-electron chi connectivity index (χ4n) is 9.97. The lowest BCUT2D eigenvalue weighted by Crippen LogP contribution is -2.04. The Balaban J connectivity index is 0.000000244. The van der Waals surface area contributed by atoms with Crippen LogP contribution in [0.25, 0.3) is 40.3 Å². The molecule has 0 bridgehead atoms. The molecule has 0 atom stereocenters. The Kier molecular flexibility index (Phi) is 38.4. The molecule has 0 saturated carbocycles. The number of phenols is 2. The number of halogens is 2. The maximum absolute atomic E-state index is 12.5. The van der Waals surface area contributed by atoms with Gasteiger partial charge in [-0.2, -0.15) is 8.42 Å². The molecule has 0 aliphatic carbocycles. The summed E-state index contributed by atoms with van der Waals surface area (Å²) in [5.41, 5.74) is 1.51. The Labute approximate surface area is 705 Å². The molecule has 0 spiro atoms. The van der Waals surface area contributed by atoms with Crippen LogP contribution in [0.4, 0.5) is 0 Å². The van der Waals surface area contributed by atoms with Crippen LogP contribution in [0.5, 0.6) is 80.5 Å². The summed E-state index contributed by atoms with van der Waals surface area (Å²) in [6, 6.07) is 49.9. The number of ether oxygens (including phenoxy) is 15. The Hall–Kier alpha value is -12.3. The molecule has 0 amide bonds. The van der Waals surface area contributed by atoms with Crippen molar-refractivity contribution >= 4 is 147 Å². The standard InChI is InChI=1S/C16H16O4S.C15H12O3S.C13H8O3S.C10H11BrO4.C10H12O4.C9H9BrO4.C9H10O4.H2O4S/c1-18-13-9-12(16(17)20-3)15(10-14(13)19-2)21-11-7-5-4-6-8-11;1-17-11-7-10-14(8-12(11)18-2)19-13-6-4-3-5-9(13)15(10)16;14-9-5-8-12(6-10(9)15)17-11-4-2-1-3-7(11)13(8)16;1-13-8-4-6(10(12)15-3)7(11)5-9(8)14-2;1-12-8-5-4-7(10(11)14-3)6-9(8)13-2;1-13-7-3-5(9(11)12)6(10)4-8(7)14-2;1-12-7-4-3-6(9(10)11)5-8(7)13-2;1-5(2,3)4/h4-10H,1-3H3;3-8H,1-2H3;1-6,14-15H;4-5H,1-3H3;4-6H,1-3H3;3-4H,1-2H3,(H,11,12);3-5H,1-2H3,(H,10,11);(H2,1,2,3,4). The van der Waals surface area contributed by atoms with Gasteiger partial charge in [-0.05, 0) is 153 Å². The van der Waals surface area contributed by atoms with Crippen molar-refractivity contribution in [2.45, 2.75) is 9.79 Å². The maximum Gasteiger partial charge on any atom is 0.394 e. The Morgan fingerprint density at radius 3 is 1.09 bits per heavy atom. The van der Waals surface area contributed by atoms with Crippen LogP contribution in [0.2, 0.25) is 0 Å². The third-order valence-corrected chi connectivity index (χ3v) is 20.3. The van der Waals surface area contributed by atoms with Crippen LogP contribution in [-0.2, 0) is 24.6 Å². The predicted octanol–water partition coefficient (Wildman–Crippen LogP) is 16.6. The number of rotatable bonds is 19. The summed E-state index contributed by atoms with van der Waals surface area (Å²) in [5, 5.41) is 38.8. The van der Waals surface area contributed by atoms with E-state index >= 15 is 0 Å². The lowest BCUT2D eigenvalue weighted by Gasteiger charge is -2.13. The third kappa shape index (κ3) is 26.9. The molecule has 0 fully saturated rings. The molecule has 10 aromatic carbocycles. The average Bonchev–Trinajstić information content (AvgIpc) is 0.772. The molecular formula is C82H80Br2O30S4. The first-order valence-corrected chi connectivity index (χ1v) is 38.8. The van der Waals surface area contributed by atoms with Gasteiger partial charge in [-0.15, -0.1) is 22.7 Å². The van der Waals surface area contributed by atoms with Crippen molar-refractivity contribution < 1.29 is 133 Å². The van der Waals surface area contributed by atoms with E-state index in [2.05, 4.69) is 41.3 Å². The molecule has 0 aliphatic heterocycles. The number of hydrogen-bond acceptors (Lipinski definition) is 29. The van der Waals surface area contributed by atoms with Crippen molar-refractivity contribution in [3.05, 3.63) is 233 Å². The average molecular weight is 1830 g/mol. The number of methoxy groups -OCH3 is 15. The van der Waals surface area contributed by atoms with Crippen LogP contribution >= 0.6 is 66.3 Å². The van der Waals surface area contributed by atoms with Gasteiger partial charge < -0.3 is 91.5 Å². The monoisotopic (exact) mass is 1830 g/mol. The maximum atomic E-state index is 12.5. The zero-order valence-corrected chi connectivity index (χ0v) is 72.1.